The monoisotopic (exact) mass is 422 g/mol. The first-order chi connectivity index (χ1) is 15.0. The molecule has 0 saturated carbocycles. The molecular weight excluding hydrogens is 396 g/mol. The van der Waals surface area contributed by atoms with E-state index in [0.29, 0.717) is 16.5 Å². The number of amides is 1. The molecule has 1 N–H and O–H groups in total. The van der Waals surface area contributed by atoms with Gasteiger partial charge in [-0.05, 0) is 51.1 Å². The molecule has 3 aromatic rings. The smallest absolute Gasteiger partial charge is 0.326 e. The molecular formula is C23H26N4O4. The van der Waals surface area contributed by atoms with Crippen LogP contribution in [-0.4, -0.2) is 41.2 Å². The third-order valence-electron chi connectivity index (χ3n) is 4.99. The van der Waals surface area contributed by atoms with Crippen LogP contribution in [-0.2, 0) is 16.1 Å². The van der Waals surface area contributed by atoms with E-state index in [0.717, 1.165) is 18.8 Å². The van der Waals surface area contributed by atoms with Crippen molar-refractivity contribution < 1.29 is 19.4 Å². The van der Waals surface area contributed by atoms with Gasteiger partial charge in [-0.2, -0.15) is 0 Å². The highest BCUT2D eigenvalue weighted by Crippen LogP contribution is 2.38. The molecule has 8 heteroatoms. The Morgan fingerprint density at radius 3 is 2.35 bits per heavy atom. The van der Waals surface area contributed by atoms with E-state index in [1.165, 1.54) is 4.57 Å². The summed E-state index contributed by atoms with van der Waals surface area (Å²) < 4.78 is 6.37. The largest absolute Gasteiger partial charge is 0.493 e. The molecule has 0 aliphatic heterocycles. The highest BCUT2D eigenvalue weighted by molar-refractivity contribution is 5.98. The van der Waals surface area contributed by atoms with E-state index >= 15 is 0 Å². The van der Waals surface area contributed by atoms with Gasteiger partial charge in [-0.25, -0.2) is 0 Å². The van der Waals surface area contributed by atoms with E-state index in [4.69, 9.17) is 4.74 Å². The van der Waals surface area contributed by atoms with Crippen molar-refractivity contribution in [1.29, 1.82) is 0 Å². The summed E-state index contributed by atoms with van der Waals surface area (Å²) in [6, 6.07) is 14.2. The van der Waals surface area contributed by atoms with Crippen molar-refractivity contribution in [3.8, 4) is 5.88 Å². The van der Waals surface area contributed by atoms with Gasteiger partial charge in [0.2, 0.25) is 5.88 Å². The predicted molar refractivity (Wildman–Crippen MR) is 119 cm³/mol. The van der Waals surface area contributed by atoms with Crippen molar-refractivity contribution in [2.24, 2.45) is 10.2 Å². The lowest BCUT2D eigenvalue weighted by Gasteiger charge is -2.20. The maximum atomic E-state index is 12.5. The molecule has 0 radical (unpaired) electrons. The third kappa shape index (κ3) is 4.74. The standard InChI is InChI=1S/C23H26N4O4/c1-4-26(5-2)17-13-11-16(12-14-17)22(29)25-24-21-18-9-7-8-10-19(18)27(23(21)30)15-20(28)31-6-3/h7-14,30H,4-6,15H2,1-3H3. The van der Waals surface area contributed by atoms with E-state index < -0.39 is 11.9 Å². The Hall–Kier alpha value is -3.68. The topological polar surface area (TPSA) is 96.5 Å². The van der Waals surface area contributed by atoms with Gasteiger partial charge >= 0.3 is 5.97 Å². The maximum Gasteiger partial charge on any atom is 0.326 e. The van der Waals surface area contributed by atoms with E-state index in [-0.39, 0.29) is 24.7 Å². The number of esters is 1. The number of ether oxygens (including phenoxy) is 1. The summed E-state index contributed by atoms with van der Waals surface area (Å²) in [6.07, 6.45) is 0. The van der Waals surface area contributed by atoms with Crippen molar-refractivity contribution in [3.63, 3.8) is 0 Å². The Balaban J connectivity index is 1.88. The number of benzene rings is 2. The first-order valence-electron chi connectivity index (χ1n) is 10.3. The molecule has 0 spiro atoms. The van der Waals surface area contributed by atoms with Gasteiger partial charge in [0.15, 0.2) is 5.69 Å². The van der Waals surface area contributed by atoms with Gasteiger partial charge in [-0.15, -0.1) is 10.2 Å². The van der Waals surface area contributed by atoms with Gasteiger partial charge in [-0.3, -0.25) is 14.2 Å². The molecule has 1 heterocycles. The van der Waals surface area contributed by atoms with Gasteiger partial charge in [-0.1, -0.05) is 18.2 Å². The third-order valence-corrected chi connectivity index (χ3v) is 4.99. The van der Waals surface area contributed by atoms with Crippen LogP contribution < -0.4 is 4.90 Å². The molecule has 31 heavy (non-hydrogen) atoms. The highest BCUT2D eigenvalue weighted by Gasteiger charge is 2.19. The fourth-order valence-corrected chi connectivity index (χ4v) is 3.42. The molecule has 0 fully saturated rings. The number of fused-ring (bicyclic) bond motifs is 1. The number of hydrogen-bond donors (Lipinski definition) is 1. The Bertz CT molecular complexity index is 1100. The van der Waals surface area contributed by atoms with Gasteiger partial charge in [0.25, 0.3) is 5.91 Å². The number of aromatic nitrogens is 1. The van der Waals surface area contributed by atoms with Crippen LogP contribution in [0.4, 0.5) is 11.4 Å². The molecule has 0 bridgehead atoms. The zero-order valence-electron chi connectivity index (χ0n) is 17.9. The Labute approximate surface area is 180 Å². The number of carbonyl (C=O) groups is 2. The van der Waals surface area contributed by atoms with E-state index in [1.807, 2.05) is 12.1 Å². The van der Waals surface area contributed by atoms with Crippen molar-refractivity contribution in [1.82, 2.24) is 4.57 Å². The van der Waals surface area contributed by atoms with E-state index in [9.17, 15) is 14.7 Å². The number of rotatable bonds is 8. The van der Waals surface area contributed by atoms with Crippen LogP contribution in [0, 0.1) is 0 Å². The van der Waals surface area contributed by atoms with Gasteiger partial charge in [0.1, 0.15) is 6.54 Å². The fourth-order valence-electron chi connectivity index (χ4n) is 3.42. The molecule has 0 aliphatic carbocycles. The van der Waals surface area contributed by atoms with Crippen molar-refractivity contribution in [2.45, 2.75) is 27.3 Å². The van der Waals surface area contributed by atoms with Crippen LogP contribution in [0.2, 0.25) is 0 Å². The first kappa shape index (κ1) is 22.0. The first-order valence-corrected chi connectivity index (χ1v) is 10.3. The Morgan fingerprint density at radius 2 is 1.71 bits per heavy atom. The number of anilines is 1. The van der Waals surface area contributed by atoms with Crippen LogP contribution in [0.5, 0.6) is 5.88 Å². The summed E-state index contributed by atoms with van der Waals surface area (Å²) in [5, 5.41) is 19.0. The average Bonchev–Trinajstić information content (AvgIpc) is 3.04. The molecule has 0 saturated heterocycles. The van der Waals surface area contributed by atoms with Gasteiger partial charge in [0.05, 0.1) is 12.1 Å². The summed E-state index contributed by atoms with van der Waals surface area (Å²) in [5.41, 5.74) is 2.15. The normalized spacial score (nSPS) is 11.2. The summed E-state index contributed by atoms with van der Waals surface area (Å²) in [7, 11) is 0. The van der Waals surface area contributed by atoms with E-state index in [1.54, 1.807) is 43.3 Å². The van der Waals surface area contributed by atoms with Crippen molar-refractivity contribution in [2.75, 3.05) is 24.6 Å². The quantitative estimate of drug-likeness (QED) is 0.420. The summed E-state index contributed by atoms with van der Waals surface area (Å²) in [4.78, 5) is 26.6. The Kier molecular flexibility index (Phi) is 7.02. The lowest BCUT2D eigenvalue weighted by atomic mass is 10.2. The minimum atomic E-state index is -0.521. The summed E-state index contributed by atoms with van der Waals surface area (Å²) in [6.45, 7) is 7.68. The molecule has 3 rings (SSSR count). The zero-order valence-corrected chi connectivity index (χ0v) is 17.9. The van der Waals surface area contributed by atoms with Crippen molar-refractivity contribution >= 4 is 34.2 Å². The number of carbonyl (C=O) groups excluding carboxylic acids is 2. The second-order valence-corrected chi connectivity index (χ2v) is 6.80. The molecule has 1 amide bonds. The second kappa shape index (κ2) is 9.88. The number of nitrogens with zero attached hydrogens (tertiary/aromatic N) is 4. The lowest BCUT2D eigenvalue weighted by molar-refractivity contribution is -0.143. The molecule has 162 valence electrons. The molecule has 1 aromatic heterocycles. The van der Waals surface area contributed by atoms with Gasteiger partial charge in [0, 0.05) is 29.7 Å². The molecule has 8 nitrogen and oxygen atoms in total. The molecule has 0 atom stereocenters. The number of hydrogen-bond acceptors (Lipinski definition) is 6. The fraction of sp³-hybridized carbons (Fsp3) is 0.304. The summed E-state index contributed by atoms with van der Waals surface area (Å²) in [5.74, 6) is -1.25. The van der Waals surface area contributed by atoms with Crippen LogP contribution in [0.25, 0.3) is 10.9 Å². The summed E-state index contributed by atoms with van der Waals surface area (Å²) >= 11 is 0. The van der Waals surface area contributed by atoms with E-state index in [2.05, 4.69) is 29.0 Å². The zero-order chi connectivity index (χ0) is 22.4. The number of azo groups is 1. The Morgan fingerprint density at radius 1 is 1.03 bits per heavy atom. The minimum absolute atomic E-state index is 0.132. The average molecular weight is 422 g/mol. The SMILES string of the molecule is CCOC(=O)Cn1c(O)c(N=NC(=O)c2ccc(N(CC)CC)cc2)c2ccccc21. The molecule has 2 aromatic carbocycles. The van der Waals surface area contributed by atoms with Crippen LogP contribution in [0.15, 0.2) is 58.8 Å². The van der Waals surface area contributed by atoms with Crippen LogP contribution >= 0.6 is 0 Å². The maximum absolute atomic E-state index is 12.5. The number of aromatic hydroxyl groups is 1. The van der Waals surface area contributed by atoms with Gasteiger partial charge < -0.3 is 14.7 Å². The van der Waals surface area contributed by atoms with Crippen LogP contribution in [0.3, 0.4) is 0 Å². The predicted octanol–water partition coefficient (Wildman–Crippen LogP) is 4.68. The van der Waals surface area contributed by atoms with Crippen molar-refractivity contribution in [3.05, 3.63) is 54.1 Å². The molecule has 0 aliphatic rings. The van der Waals surface area contributed by atoms with Crippen LogP contribution in [0.1, 0.15) is 31.1 Å². The lowest BCUT2D eigenvalue weighted by Crippen LogP contribution is -2.21. The number of para-hydroxylation sites is 1. The highest BCUT2D eigenvalue weighted by atomic mass is 16.5. The molecule has 0 unspecified atom stereocenters. The second-order valence-electron chi connectivity index (χ2n) is 6.80. The minimum Gasteiger partial charge on any atom is -0.493 e.